The van der Waals surface area contributed by atoms with Gasteiger partial charge in [-0.05, 0) is 26.2 Å². The van der Waals surface area contributed by atoms with E-state index >= 15 is 0 Å². The Hall–Kier alpha value is -1.10. The monoisotopic (exact) mass is 242 g/mol. The highest BCUT2D eigenvalue weighted by Crippen LogP contribution is 2.25. The normalized spacial score (nSPS) is 18.5. The molecule has 0 heterocycles. The standard InChI is InChI=1S/C12H22N2O3/c1-4-7-12(2,11(16)17)13-8-10(15)14(3)9-5-6-9/h9,13H,4-8H2,1-3H3,(H,16,17). The van der Waals surface area contributed by atoms with Crippen LogP contribution in [0.1, 0.15) is 39.5 Å². The van der Waals surface area contributed by atoms with Crippen LogP contribution >= 0.6 is 0 Å². The molecule has 5 heteroatoms. The number of carboxylic acids is 1. The van der Waals surface area contributed by atoms with E-state index in [1.54, 1.807) is 18.9 Å². The van der Waals surface area contributed by atoms with Crippen molar-refractivity contribution in [2.75, 3.05) is 13.6 Å². The molecule has 1 aliphatic carbocycles. The summed E-state index contributed by atoms with van der Waals surface area (Å²) in [6.45, 7) is 3.65. The second-order valence-corrected chi connectivity index (χ2v) is 4.98. The smallest absolute Gasteiger partial charge is 0.323 e. The quantitative estimate of drug-likeness (QED) is 0.694. The number of nitrogens with one attached hydrogen (secondary N) is 1. The lowest BCUT2D eigenvalue weighted by Gasteiger charge is -2.27. The average molecular weight is 242 g/mol. The Morgan fingerprint density at radius 3 is 2.47 bits per heavy atom. The summed E-state index contributed by atoms with van der Waals surface area (Å²) in [6, 6.07) is 0.367. The molecule has 0 bridgehead atoms. The van der Waals surface area contributed by atoms with E-state index in [1.807, 2.05) is 6.92 Å². The lowest BCUT2D eigenvalue weighted by atomic mass is 9.96. The molecular formula is C12H22N2O3. The molecule has 0 aromatic rings. The largest absolute Gasteiger partial charge is 0.480 e. The van der Waals surface area contributed by atoms with Gasteiger partial charge in [0.25, 0.3) is 0 Å². The number of carboxylic acid groups (broad SMARTS) is 1. The summed E-state index contributed by atoms with van der Waals surface area (Å²) in [5, 5.41) is 12.0. The van der Waals surface area contributed by atoms with Gasteiger partial charge in [-0.15, -0.1) is 0 Å². The number of amides is 1. The van der Waals surface area contributed by atoms with Crippen LogP contribution in [0, 0.1) is 0 Å². The SMILES string of the molecule is CCCC(C)(NCC(=O)N(C)C1CC1)C(=O)O. The van der Waals surface area contributed by atoms with Crippen LogP contribution < -0.4 is 5.32 Å². The van der Waals surface area contributed by atoms with Crippen molar-refractivity contribution >= 4 is 11.9 Å². The topological polar surface area (TPSA) is 69.6 Å². The first kappa shape index (κ1) is 14.0. The summed E-state index contributed by atoms with van der Waals surface area (Å²) in [4.78, 5) is 24.6. The van der Waals surface area contributed by atoms with Crippen molar-refractivity contribution in [3.05, 3.63) is 0 Å². The van der Waals surface area contributed by atoms with Crippen LogP contribution in [-0.2, 0) is 9.59 Å². The second-order valence-electron chi connectivity index (χ2n) is 4.98. The maximum absolute atomic E-state index is 11.8. The zero-order valence-electron chi connectivity index (χ0n) is 10.8. The van der Waals surface area contributed by atoms with Crippen molar-refractivity contribution in [3.63, 3.8) is 0 Å². The Labute approximate surface area is 102 Å². The molecular weight excluding hydrogens is 220 g/mol. The number of carbonyl (C=O) groups is 2. The minimum absolute atomic E-state index is 0.0314. The highest BCUT2D eigenvalue weighted by atomic mass is 16.4. The molecule has 2 N–H and O–H groups in total. The van der Waals surface area contributed by atoms with Gasteiger partial charge in [0, 0.05) is 13.1 Å². The van der Waals surface area contributed by atoms with Crippen LogP contribution in [-0.4, -0.2) is 47.1 Å². The second kappa shape index (κ2) is 5.49. The van der Waals surface area contributed by atoms with Crippen LogP contribution in [0.4, 0.5) is 0 Å². The van der Waals surface area contributed by atoms with E-state index in [1.165, 1.54) is 0 Å². The number of likely N-dealkylation sites (N-methyl/N-ethyl adjacent to an activating group) is 1. The van der Waals surface area contributed by atoms with Crippen molar-refractivity contribution in [3.8, 4) is 0 Å². The fourth-order valence-corrected chi connectivity index (χ4v) is 1.83. The molecule has 17 heavy (non-hydrogen) atoms. The molecule has 0 radical (unpaired) electrons. The molecule has 1 aliphatic rings. The van der Waals surface area contributed by atoms with E-state index < -0.39 is 11.5 Å². The maximum atomic E-state index is 11.8. The van der Waals surface area contributed by atoms with Crippen LogP contribution in [0.15, 0.2) is 0 Å². The Balaban J connectivity index is 2.45. The van der Waals surface area contributed by atoms with Crippen molar-refractivity contribution in [1.82, 2.24) is 10.2 Å². The van der Waals surface area contributed by atoms with E-state index in [2.05, 4.69) is 5.32 Å². The van der Waals surface area contributed by atoms with Gasteiger partial charge >= 0.3 is 5.97 Å². The number of rotatable bonds is 7. The molecule has 98 valence electrons. The maximum Gasteiger partial charge on any atom is 0.323 e. The van der Waals surface area contributed by atoms with Gasteiger partial charge in [-0.1, -0.05) is 13.3 Å². The Kier molecular flexibility index (Phi) is 4.51. The van der Waals surface area contributed by atoms with Gasteiger partial charge in [0.2, 0.25) is 5.91 Å². The number of hydrogen-bond acceptors (Lipinski definition) is 3. The highest BCUT2D eigenvalue weighted by molar-refractivity contribution is 5.82. The molecule has 0 aromatic carbocycles. The van der Waals surface area contributed by atoms with E-state index in [9.17, 15) is 9.59 Å². The predicted octanol–water partition coefficient (Wildman–Crippen LogP) is 0.840. The fourth-order valence-electron chi connectivity index (χ4n) is 1.83. The van der Waals surface area contributed by atoms with Crippen LogP contribution in [0.2, 0.25) is 0 Å². The van der Waals surface area contributed by atoms with Gasteiger partial charge in [-0.3, -0.25) is 14.9 Å². The van der Waals surface area contributed by atoms with Gasteiger partial charge in [0.15, 0.2) is 0 Å². The van der Waals surface area contributed by atoms with Gasteiger partial charge < -0.3 is 10.0 Å². The highest BCUT2D eigenvalue weighted by Gasteiger charge is 2.34. The zero-order chi connectivity index (χ0) is 13.1. The average Bonchev–Trinajstić information content (AvgIpc) is 3.08. The van der Waals surface area contributed by atoms with Crippen LogP contribution in [0.5, 0.6) is 0 Å². The lowest BCUT2D eigenvalue weighted by Crippen LogP contribution is -2.52. The molecule has 5 nitrogen and oxygen atoms in total. The van der Waals surface area contributed by atoms with Gasteiger partial charge in [-0.25, -0.2) is 0 Å². The van der Waals surface area contributed by atoms with E-state index in [0.29, 0.717) is 12.5 Å². The molecule has 0 aliphatic heterocycles. The first-order valence-electron chi connectivity index (χ1n) is 6.15. The number of hydrogen-bond donors (Lipinski definition) is 2. The first-order valence-corrected chi connectivity index (χ1v) is 6.15. The van der Waals surface area contributed by atoms with Crippen molar-refractivity contribution < 1.29 is 14.7 Å². The van der Waals surface area contributed by atoms with E-state index in [4.69, 9.17) is 5.11 Å². The fraction of sp³-hybridized carbons (Fsp3) is 0.833. The molecule has 0 spiro atoms. The summed E-state index contributed by atoms with van der Waals surface area (Å²) in [5.74, 6) is -0.933. The minimum Gasteiger partial charge on any atom is -0.480 e. The molecule has 1 amide bonds. The number of aliphatic carboxylic acids is 1. The van der Waals surface area contributed by atoms with E-state index in [-0.39, 0.29) is 12.5 Å². The molecule has 1 fully saturated rings. The zero-order valence-corrected chi connectivity index (χ0v) is 10.8. The summed E-state index contributed by atoms with van der Waals surface area (Å²) in [5.41, 5.74) is -1.01. The molecule has 1 unspecified atom stereocenters. The molecule has 0 aromatic heterocycles. The number of nitrogens with zero attached hydrogens (tertiary/aromatic N) is 1. The third kappa shape index (κ3) is 3.70. The summed E-state index contributed by atoms with van der Waals surface area (Å²) in [6.07, 6.45) is 3.41. The first-order chi connectivity index (χ1) is 7.90. The van der Waals surface area contributed by atoms with Crippen LogP contribution in [0.3, 0.4) is 0 Å². The minimum atomic E-state index is -1.01. The van der Waals surface area contributed by atoms with Gasteiger partial charge in [0.05, 0.1) is 6.54 Å². The molecule has 1 saturated carbocycles. The molecule has 1 rings (SSSR count). The molecule has 1 atom stereocenters. The number of carbonyl (C=O) groups excluding carboxylic acids is 1. The van der Waals surface area contributed by atoms with Crippen molar-refractivity contribution in [1.29, 1.82) is 0 Å². The summed E-state index contributed by atoms with van der Waals surface area (Å²) < 4.78 is 0. The van der Waals surface area contributed by atoms with Crippen molar-refractivity contribution in [2.24, 2.45) is 0 Å². The predicted molar refractivity (Wildman–Crippen MR) is 64.7 cm³/mol. The summed E-state index contributed by atoms with van der Waals surface area (Å²) >= 11 is 0. The van der Waals surface area contributed by atoms with Crippen molar-refractivity contribution in [2.45, 2.75) is 51.1 Å². The third-order valence-electron chi connectivity index (χ3n) is 3.34. The Bertz CT molecular complexity index is 302. The summed E-state index contributed by atoms with van der Waals surface area (Å²) in [7, 11) is 1.78. The van der Waals surface area contributed by atoms with E-state index in [0.717, 1.165) is 19.3 Å². The molecule has 0 saturated heterocycles. The Morgan fingerprint density at radius 1 is 1.47 bits per heavy atom. The third-order valence-corrected chi connectivity index (χ3v) is 3.34. The Morgan fingerprint density at radius 2 is 2.06 bits per heavy atom. The lowest BCUT2D eigenvalue weighted by molar-refractivity contribution is -0.144. The van der Waals surface area contributed by atoms with Crippen LogP contribution in [0.25, 0.3) is 0 Å². The van der Waals surface area contributed by atoms with Gasteiger partial charge in [0.1, 0.15) is 5.54 Å². The van der Waals surface area contributed by atoms with Gasteiger partial charge in [-0.2, -0.15) is 0 Å².